The second-order valence-electron chi connectivity index (χ2n) is 23.4. The standard InChI is InChI=1S/C43H86N2O4.C26H53NO2.CH4/c1-5-9-11-13-15-17-19-21-23-25-27-29-31-40-48-42(46)34-38-44(7-3)36-33-37-45(8-4)39-35-43(47)49-41-32-30-28-26-24-22-20-18-16-14-12-10-6-2;1-4-7-9-11-12-13-14-15-16-17-18-19-21-25-29-26(28)22-24-27(6-3)23-20-10-8-5-2;/h5-41H2,1-4H3;4-25H2,1-3H3;1H4. The molecule has 0 aromatic rings. The third kappa shape index (κ3) is 67.0. The van der Waals surface area contributed by atoms with E-state index in [9.17, 15) is 14.4 Å². The smallest absolute Gasteiger partial charge is 0.307 e. The van der Waals surface area contributed by atoms with Crippen molar-refractivity contribution in [2.24, 2.45) is 0 Å². The first kappa shape index (κ1) is 81.5. The molecule has 0 spiro atoms. The van der Waals surface area contributed by atoms with Crippen molar-refractivity contribution < 1.29 is 28.6 Å². The van der Waals surface area contributed by atoms with E-state index in [-0.39, 0.29) is 25.3 Å². The van der Waals surface area contributed by atoms with Crippen molar-refractivity contribution >= 4 is 17.9 Å². The predicted octanol–water partition coefficient (Wildman–Crippen LogP) is 20.6. The van der Waals surface area contributed by atoms with E-state index in [0.29, 0.717) is 39.1 Å². The molecule has 9 nitrogen and oxygen atoms in total. The highest BCUT2D eigenvalue weighted by atomic mass is 16.5. The topological polar surface area (TPSA) is 88.6 Å². The molecule has 0 saturated carbocycles. The highest BCUT2D eigenvalue weighted by Crippen LogP contribution is 2.16. The summed E-state index contributed by atoms with van der Waals surface area (Å²) in [6.45, 7) is 25.6. The van der Waals surface area contributed by atoms with Crippen molar-refractivity contribution in [2.75, 3.05) is 78.7 Å². The molecule has 0 heterocycles. The predicted molar refractivity (Wildman–Crippen MR) is 346 cm³/mol. The van der Waals surface area contributed by atoms with Gasteiger partial charge in [-0.05, 0) is 71.4 Å². The maximum Gasteiger partial charge on any atom is 0.307 e. The van der Waals surface area contributed by atoms with Crippen LogP contribution >= 0.6 is 0 Å². The molecule has 0 rings (SSSR count). The Morgan fingerprint density at radius 1 is 0.228 bits per heavy atom. The van der Waals surface area contributed by atoms with Crippen LogP contribution in [-0.4, -0.2) is 111 Å². The Hall–Kier alpha value is -1.71. The van der Waals surface area contributed by atoms with Gasteiger partial charge < -0.3 is 28.9 Å². The second-order valence-corrected chi connectivity index (χ2v) is 23.4. The SMILES string of the molecule is C.CCCCCCCCCCCCCCCOC(=O)CCN(CC)CCCCCC.CCCCCCCCCCCCCCCOC(=O)CCN(CC)CCCN(CC)CCC(=O)OCCCCCCCCCCCCCCC. The number of nitrogens with zero attached hydrogens (tertiary/aromatic N) is 3. The van der Waals surface area contributed by atoms with Crippen molar-refractivity contribution in [3.8, 4) is 0 Å². The average molecular weight is 1120 g/mol. The highest BCUT2D eigenvalue weighted by Gasteiger charge is 2.12. The highest BCUT2D eigenvalue weighted by molar-refractivity contribution is 5.70. The lowest BCUT2D eigenvalue weighted by molar-refractivity contribution is -0.145. The lowest BCUT2D eigenvalue weighted by Gasteiger charge is -2.23. The normalized spacial score (nSPS) is 11.3. The van der Waals surface area contributed by atoms with Crippen LogP contribution in [0.25, 0.3) is 0 Å². The molecule has 0 aliphatic heterocycles. The van der Waals surface area contributed by atoms with Crippen LogP contribution in [0.2, 0.25) is 0 Å². The molecule has 0 atom stereocenters. The monoisotopic (exact) mass is 1120 g/mol. The number of carbonyl (C=O) groups excluding carboxylic acids is 3. The Bertz CT molecular complexity index is 1130. The maximum atomic E-state index is 12.3. The van der Waals surface area contributed by atoms with E-state index in [2.05, 4.69) is 63.2 Å². The third-order valence-electron chi connectivity index (χ3n) is 16.0. The van der Waals surface area contributed by atoms with E-state index in [1.165, 1.54) is 244 Å². The number of hydrogen-bond donors (Lipinski definition) is 0. The first-order chi connectivity index (χ1) is 38.3. The zero-order chi connectivity index (χ0) is 57.3. The molecule has 9 heteroatoms. The molecular weight excluding hydrogens is 979 g/mol. The molecule has 0 saturated heterocycles. The Labute approximate surface area is 495 Å². The lowest BCUT2D eigenvalue weighted by atomic mass is 10.0. The summed E-state index contributed by atoms with van der Waals surface area (Å²) >= 11 is 0. The minimum atomic E-state index is -0.0649. The largest absolute Gasteiger partial charge is 0.466 e. The van der Waals surface area contributed by atoms with Crippen molar-refractivity contribution in [3.05, 3.63) is 0 Å². The molecular formula is C70H143N3O6. The molecule has 0 N–H and O–H groups in total. The van der Waals surface area contributed by atoms with Gasteiger partial charge in [0.15, 0.2) is 0 Å². The Balaban J connectivity index is -0.00000164. The van der Waals surface area contributed by atoms with E-state index in [1.807, 2.05) is 0 Å². The Morgan fingerprint density at radius 2 is 0.405 bits per heavy atom. The van der Waals surface area contributed by atoms with Crippen LogP contribution in [0, 0.1) is 0 Å². The van der Waals surface area contributed by atoms with Crippen LogP contribution in [0.1, 0.15) is 358 Å². The van der Waals surface area contributed by atoms with Gasteiger partial charge in [0, 0.05) is 19.6 Å². The molecule has 0 aromatic heterocycles. The summed E-state index contributed by atoms with van der Waals surface area (Å²) in [7, 11) is 0. The maximum absolute atomic E-state index is 12.3. The van der Waals surface area contributed by atoms with E-state index in [0.717, 1.165) is 97.4 Å². The second kappa shape index (κ2) is 70.6. The van der Waals surface area contributed by atoms with Gasteiger partial charge in [-0.25, -0.2) is 0 Å². The summed E-state index contributed by atoms with van der Waals surface area (Å²) in [4.78, 5) is 43.5. The summed E-state index contributed by atoms with van der Waals surface area (Å²) in [6.07, 6.45) is 59.6. The first-order valence-corrected chi connectivity index (χ1v) is 34.9. The molecule has 0 aliphatic rings. The quantitative estimate of drug-likeness (QED) is 0.0336. The number of rotatable bonds is 63. The zero-order valence-corrected chi connectivity index (χ0v) is 54.0. The summed E-state index contributed by atoms with van der Waals surface area (Å²) in [5, 5.41) is 0. The van der Waals surface area contributed by atoms with Crippen LogP contribution in [-0.2, 0) is 28.6 Å². The van der Waals surface area contributed by atoms with E-state index in [4.69, 9.17) is 14.2 Å². The fraction of sp³-hybridized carbons (Fsp3) is 0.957. The first-order valence-electron chi connectivity index (χ1n) is 34.9. The fourth-order valence-electron chi connectivity index (χ4n) is 10.4. The number of unbranched alkanes of at least 4 members (excludes halogenated alkanes) is 39. The third-order valence-corrected chi connectivity index (χ3v) is 16.0. The number of carbonyl (C=O) groups is 3. The van der Waals surface area contributed by atoms with E-state index < -0.39 is 0 Å². The van der Waals surface area contributed by atoms with Gasteiger partial charge in [0.1, 0.15) is 0 Å². The van der Waals surface area contributed by atoms with Crippen molar-refractivity contribution in [2.45, 2.75) is 358 Å². The fourth-order valence-corrected chi connectivity index (χ4v) is 10.4. The van der Waals surface area contributed by atoms with Gasteiger partial charge in [-0.3, -0.25) is 14.4 Å². The molecule has 0 aliphatic carbocycles. The van der Waals surface area contributed by atoms with Crippen LogP contribution in [0.5, 0.6) is 0 Å². The molecule has 0 radical (unpaired) electrons. The summed E-state index contributed by atoms with van der Waals surface area (Å²) in [5.41, 5.74) is 0. The van der Waals surface area contributed by atoms with Gasteiger partial charge >= 0.3 is 17.9 Å². The van der Waals surface area contributed by atoms with Crippen LogP contribution < -0.4 is 0 Å². The van der Waals surface area contributed by atoms with Crippen molar-refractivity contribution in [1.82, 2.24) is 14.7 Å². The van der Waals surface area contributed by atoms with Gasteiger partial charge in [-0.2, -0.15) is 0 Å². The molecule has 474 valence electrons. The van der Waals surface area contributed by atoms with Crippen molar-refractivity contribution in [3.63, 3.8) is 0 Å². The van der Waals surface area contributed by atoms with Gasteiger partial charge in [0.05, 0.1) is 39.1 Å². The number of ether oxygens (including phenoxy) is 3. The zero-order valence-electron chi connectivity index (χ0n) is 54.0. The average Bonchev–Trinajstić information content (AvgIpc) is 3.44. The van der Waals surface area contributed by atoms with Gasteiger partial charge in [-0.15, -0.1) is 0 Å². The van der Waals surface area contributed by atoms with Crippen LogP contribution in [0.15, 0.2) is 0 Å². The minimum Gasteiger partial charge on any atom is -0.466 e. The van der Waals surface area contributed by atoms with E-state index in [1.54, 1.807) is 0 Å². The Morgan fingerprint density at radius 3 is 0.608 bits per heavy atom. The molecule has 79 heavy (non-hydrogen) atoms. The Kier molecular flexibility index (Phi) is 72.8. The molecule has 0 aromatic carbocycles. The molecule has 0 bridgehead atoms. The lowest BCUT2D eigenvalue weighted by Crippen LogP contribution is -2.32. The van der Waals surface area contributed by atoms with Crippen LogP contribution in [0.4, 0.5) is 0 Å². The molecule has 0 unspecified atom stereocenters. The number of hydrogen-bond acceptors (Lipinski definition) is 9. The molecule has 0 amide bonds. The van der Waals surface area contributed by atoms with Crippen LogP contribution in [0.3, 0.4) is 0 Å². The summed E-state index contributed by atoms with van der Waals surface area (Å²) in [6, 6.07) is 0. The number of esters is 3. The molecule has 0 fully saturated rings. The van der Waals surface area contributed by atoms with Gasteiger partial charge in [-0.1, -0.05) is 306 Å². The summed E-state index contributed by atoms with van der Waals surface area (Å²) in [5.74, 6) is -0.147. The van der Waals surface area contributed by atoms with E-state index >= 15 is 0 Å². The summed E-state index contributed by atoms with van der Waals surface area (Å²) < 4.78 is 16.4. The van der Waals surface area contributed by atoms with Gasteiger partial charge in [0.25, 0.3) is 0 Å². The van der Waals surface area contributed by atoms with Crippen molar-refractivity contribution in [1.29, 1.82) is 0 Å². The van der Waals surface area contributed by atoms with Gasteiger partial charge in [0.2, 0.25) is 0 Å². The minimum absolute atomic E-state index is 0.